The first-order chi connectivity index (χ1) is 9.63. The smallest absolute Gasteiger partial charge is 0.238 e. The number of nitrogens with zero attached hydrogens (tertiary/aromatic N) is 1. The number of aliphatic hydroxyl groups is 1. The highest BCUT2D eigenvalue weighted by Gasteiger charge is 2.41. The van der Waals surface area contributed by atoms with Crippen LogP contribution in [0, 0.1) is 17.7 Å². The van der Waals surface area contributed by atoms with Crippen molar-refractivity contribution < 1.29 is 14.3 Å². The number of hydrogen-bond acceptors (Lipinski definition) is 3. The van der Waals surface area contributed by atoms with E-state index in [1.807, 2.05) is 4.90 Å². The van der Waals surface area contributed by atoms with E-state index in [2.05, 4.69) is 5.32 Å². The number of aliphatic hydroxyl groups excluding tert-OH is 1. The van der Waals surface area contributed by atoms with Crippen molar-refractivity contribution in [3.63, 3.8) is 0 Å². The zero-order valence-corrected chi connectivity index (χ0v) is 11.3. The van der Waals surface area contributed by atoms with E-state index in [4.69, 9.17) is 0 Å². The van der Waals surface area contributed by atoms with Crippen molar-refractivity contribution in [2.75, 3.05) is 25.0 Å². The van der Waals surface area contributed by atoms with Gasteiger partial charge in [0.1, 0.15) is 5.82 Å². The summed E-state index contributed by atoms with van der Waals surface area (Å²) in [7, 11) is 0. The number of carbonyl (C=O) groups is 1. The van der Waals surface area contributed by atoms with Crippen LogP contribution in [0.4, 0.5) is 10.1 Å². The molecule has 1 amide bonds. The summed E-state index contributed by atoms with van der Waals surface area (Å²) in [4.78, 5) is 14.0. The normalized spacial score (nSPS) is 29.4. The van der Waals surface area contributed by atoms with Crippen LogP contribution in [0.1, 0.15) is 12.8 Å². The van der Waals surface area contributed by atoms with Crippen LogP contribution in [-0.2, 0) is 4.79 Å². The van der Waals surface area contributed by atoms with Crippen LogP contribution in [0.2, 0.25) is 0 Å². The summed E-state index contributed by atoms with van der Waals surface area (Å²) < 4.78 is 13.4. The van der Waals surface area contributed by atoms with E-state index in [0.717, 1.165) is 25.9 Å². The van der Waals surface area contributed by atoms with Gasteiger partial charge in [-0.3, -0.25) is 9.69 Å². The van der Waals surface area contributed by atoms with Gasteiger partial charge in [0.2, 0.25) is 5.91 Å². The Morgan fingerprint density at radius 1 is 1.35 bits per heavy atom. The molecule has 1 aromatic rings. The van der Waals surface area contributed by atoms with Gasteiger partial charge in [0.05, 0.1) is 18.3 Å². The molecular formula is C15H19FN2O2. The monoisotopic (exact) mass is 278 g/mol. The molecule has 108 valence electrons. The molecule has 2 fully saturated rings. The topological polar surface area (TPSA) is 52.6 Å². The van der Waals surface area contributed by atoms with Gasteiger partial charge < -0.3 is 10.4 Å². The molecule has 0 bridgehead atoms. The maximum atomic E-state index is 13.4. The molecule has 3 unspecified atom stereocenters. The van der Waals surface area contributed by atoms with Crippen LogP contribution in [0.3, 0.4) is 0 Å². The molecule has 3 atom stereocenters. The molecule has 1 aromatic carbocycles. The summed E-state index contributed by atoms with van der Waals surface area (Å²) in [5, 5.41) is 12.4. The Labute approximate surface area is 117 Å². The molecule has 2 N–H and O–H groups in total. The van der Waals surface area contributed by atoms with Gasteiger partial charge in [-0.15, -0.1) is 0 Å². The molecule has 5 heteroatoms. The average Bonchev–Trinajstić information content (AvgIpc) is 2.95. The van der Waals surface area contributed by atoms with Crippen LogP contribution in [0.15, 0.2) is 24.3 Å². The van der Waals surface area contributed by atoms with E-state index in [1.165, 1.54) is 6.07 Å². The van der Waals surface area contributed by atoms with E-state index in [1.54, 1.807) is 18.2 Å². The number of likely N-dealkylation sites (tertiary alicyclic amines) is 1. The number of nitrogens with one attached hydrogen (secondary N) is 1. The van der Waals surface area contributed by atoms with Crippen molar-refractivity contribution in [1.82, 2.24) is 4.90 Å². The fourth-order valence-electron chi connectivity index (χ4n) is 3.41. The van der Waals surface area contributed by atoms with Gasteiger partial charge >= 0.3 is 0 Å². The first-order valence-corrected chi connectivity index (χ1v) is 7.08. The van der Waals surface area contributed by atoms with Crippen LogP contribution >= 0.6 is 0 Å². The van der Waals surface area contributed by atoms with Gasteiger partial charge in [0.25, 0.3) is 0 Å². The molecule has 0 radical (unpaired) electrons. The number of para-hydroxylation sites is 1. The van der Waals surface area contributed by atoms with Gasteiger partial charge in [-0.25, -0.2) is 4.39 Å². The Kier molecular flexibility index (Phi) is 3.72. The zero-order chi connectivity index (χ0) is 14.1. The van der Waals surface area contributed by atoms with Crippen LogP contribution in [-0.4, -0.2) is 41.7 Å². The average molecular weight is 278 g/mol. The summed E-state index contributed by atoms with van der Waals surface area (Å²) in [6.45, 7) is 1.87. The molecule has 1 saturated carbocycles. The zero-order valence-electron chi connectivity index (χ0n) is 11.3. The Bertz CT molecular complexity index is 508. The van der Waals surface area contributed by atoms with E-state index in [0.29, 0.717) is 11.8 Å². The first-order valence-electron chi connectivity index (χ1n) is 7.08. The second-order valence-corrected chi connectivity index (χ2v) is 5.79. The Morgan fingerprint density at radius 2 is 2.15 bits per heavy atom. The van der Waals surface area contributed by atoms with Gasteiger partial charge in [0.15, 0.2) is 0 Å². The Hall–Kier alpha value is -1.46. The van der Waals surface area contributed by atoms with E-state index in [9.17, 15) is 14.3 Å². The third-order valence-electron chi connectivity index (χ3n) is 4.41. The lowest BCUT2D eigenvalue weighted by Crippen LogP contribution is -2.33. The number of halogens is 1. The van der Waals surface area contributed by atoms with Crippen LogP contribution in [0.25, 0.3) is 0 Å². The minimum Gasteiger partial charge on any atom is -0.393 e. The standard InChI is InChI=1S/C15H19FN2O2/c16-12-3-1-2-4-13(12)17-15(20)9-18-7-10-5-6-14(19)11(10)8-18/h1-4,10-11,14,19H,5-9H2,(H,17,20). The molecule has 1 saturated heterocycles. The highest BCUT2D eigenvalue weighted by molar-refractivity contribution is 5.92. The summed E-state index contributed by atoms with van der Waals surface area (Å²) in [5.41, 5.74) is 0.219. The van der Waals surface area contributed by atoms with Crippen molar-refractivity contribution in [3.8, 4) is 0 Å². The number of benzene rings is 1. The highest BCUT2D eigenvalue weighted by atomic mass is 19.1. The van der Waals surface area contributed by atoms with E-state index < -0.39 is 5.82 Å². The van der Waals surface area contributed by atoms with Gasteiger partial charge in [-0.05, 0) is 30.9 Å². The molecule has 20 heavy (non-hydrogen) atoms. The van der Waals surface area contributed by atoms with Gasteiger partial charge in [-0.2, -0.15) is 0 Å². The lowest BCUT2D eigenvalue weighted by molar-refractivity contribution is -0.117. The van der Waals surface area contributed by atoms with Crippen LogP contribution in [0.5, 0.6) is 0 Å². The minimum atomic E-state index is -0.422. The summed E-state index contributed by atoms with van der Waals surface area (Å²) in [5.74, 6) is 0.182. The predicted molar refractivity (Wildman–Crippen MR) is 73.7 cm³/mol. The summed E-state index contributed by atoms with van der Waals surface area (Å²) in [6.07, 6.45) is 1.70. The van der Waals surface area contributed by atoms with Crippen molar-refractivity contribution in [1.29, 1.82) is 0 Å². The molecular weight excluding hydrogens is 259 g/mol. The number of carbonyl (C=O) groups excluding carboxylic acids is 1. The maximum Gasteiger partial charge on any atom is 0.238 e. The highest BCUT2D eigenvalue weighted by Crippen LogP contribution is 2.37. The van der Waals surface area contributed by atoms with Crippen LogP contribution < -0.4 is 5.32 Å². The lowest BCUT2D eigenvalue weighted by atomic mass is 10.00. The fraction of sp³-hybridized carbons (Fsp3) is 0.533. The number of amides is 1. The third kappa shape index (κ3) is 2.69. The second-order valence-electron chi connectivity index (χ2n) is 5.79. The van der Waals surface area contributed by atoms with Crippen molar-refractivity contribution in [3.05, 3.63) is 30.1 Å². The summed E-state index contributed by atoms with van der Waals surface area (Å²) >= 11 is 0. The fourth-order valence-corrected chi connectivity index (χ4v) is 3.41. The van der Waals surface area contributed by atoms with Crippen molar-refractivity contribution >= 4 is 11.6 Å². The van der Waals surface area contributed by atoms with Gasteiger partial charge in [0, 0.05) is 19.0 Å². The number of hydrogen-bond donors (Lipinski definition) is 2. The first kappa shape index (κ1) is 13.5. The maximum absolute atomic E-state index is 13.4. The molecule has 3 rings (SSSR count). The quantitative estimate of drug-likeness (QED) is 0.880. The minimum absolute atomic E-state index is 0.204. The van der Waals surface area contributed by atoms with Gasteiger partial charge in [-0.1, -0.05) is 12.1 Å². The number of fused-ring (bicyclic) bond motifs is 1. The van der Waals surface area contributed by atoms with Crippen molar-refractivity contribution in [2.45, 2.75) is 18.9 Å². The number of rotatable bonds is 3. The largest absolute Gasteiger partial charge is 0.393 e. The predicted octanol–water partition coefficient (Wildman–Crippen LogP) is 1.47. The van der Waals surface area contributed by atoms with E-state index in [-0.39, 0.29) is 24.2 Å². The molecule has 0 aromatic heterocycles. The second kappa shape index (κ2) is 5.50. The lowest BCUT2D eigenvalue weighted by Gasteiger charge is -2.17. The Balaban J connectivity index is 1.54. The molecule has 1 aliphatic heterocycles. The molecule has 0 spiro atoms. The number of anilines is 1. The molecule has 1 heterocycles. The van der Waals surface area contributed by atoms with Crippen molar-refractivity contribution in [2.24, 2.45) is 11.8 Å². The van der Waals surface area contributed by atoms with E-state index >= 15 is 0 Å². The molecule has 1 aliphatic carbocycles. The third-order valence-corrected chi connectivity index (χ3v) is 4.41. The Morgan fingerprint density at radius 3 is 2.90 bits per heavy atom. The SMILES string of the molecule is O=C(CN1CC2CCC(O)C2C1)Nc1ccccc1F. The summed E-state index contributed by atoms with van der Waals surface area (Å²) in [6, 6.07) is 6.16. The molecule has 4 nitrogen and oxygen atoms in total. The molecule has 2 aliphatic rings.